The topological polar surface area (TPSA) is 178 Å². The minimum atomic E-state index is -5.07. The number of hydrogen-bond donors (Lipinski definition) is 4. The monoisotopic (exact) mass is 981 g/mol. The highest BCUT2D eigenvalue weighted by Crippen LogP contribution is 2.26. The van der Waals surface area contributed by atoms with Gasteiger partial charge in [-0.3, -0.25) is 9.35 Å². The van der Waals surface area contributed by atoms with Gasteiger partial charge in [0.05, 0.1) is 19.8 Å². The molecule has 6 atom stereocenters. The molecule has 0 radical (unpaired) electrons. The number of allylic oxidation sites excluding steroid dienone is 12. The number of rotatable bonds is 46. The van der Waals surface area contributed by atoms with Crippen molar-refractivity contribution < 1.29 is 56.2 Å². The molecule has 12 nitrogen and oxygen atoms in total. The molecule has 0 aromatic heterocycles. The van der Waals surface area contributed by atoms with E-state index in [9.17, 15) is 33.1 Å². The normalized spacial score (nSPS) is 19.9. The lowest BCUT2D eigenvalue weighted by molar-refractivity contribution is -0.301. The van der Waals surface area contributed by atoms with E-state index in [2.05, 4.69) is 90.9 Å². The Balaban J connectivity index is 2.35. The van der Waals surface area contributed by atoms with Crippen molar-refractivity contribution in [2.45, 2.75) is 243 Å². The SMILES string of the molecule is CC/C=C\C/C=C\C/C=C\C/C=C\CCCCCCCOCC(COC1OC(CO)C(O)C(OS(=O)(=O)O)C1O)OC(=O)CCCCCCCCCCCCC/C=C\C/C=C\CCCCCCC. The van der Waals surface area contributed by atoms with Crippen LogP contribution in [-0.4, -0.2) is 97.5 Å². The fraction of sp³-hybridized carbons (Fsp3) is 0.764. The maximum Gasteiger partial charge on any atom is 0.397 e. The molecule has 0 saturated carbocycles. The van der Waals surface area contributed by atoms with E-state index < -0.39 is 59.8 Å². The molecule has 1 saturated heterocycles. The molecule has 0 aromatic rings. The van der Waals surface area contributed by atoms with Gasteiger partial charge in [-0.25, -0.2) is 4.18 Å². The highest BCUT2D eigenvalue weighted by atomic mass is 32.3. The lowest BCUT2D eigenvalue weighted by Gasteiger charge is -2.41. The van der Waals surface area contributed by atoms with Crippen molar-refractivity contribution in [1.29, 1.82) is 0 Å². The van der Waals surface area contributed by atoms with E-state index in [1.807, 2.05) is 0 Å². The maximum absolute atomic E-state index is 12.9. The first-order valence-corrected chi connectivity index (χ1v) is 28.1. The number of carbonyl (C=O) groups is 1. The Labute approximate surface area is 413 Å². The van der Waals surface area contributed by atoms with Gasteiger partial charge in [0.15, 0.2) is 6.29 Å². The van der Waals surface area contributed by atoms with Gasteiger partial charge < -0.3 is 34.3 Å². The van der Waals surface area contributed by atoms with Crippen LogP contribution < -0.4 is 0 Å². The fourth-order valence-corrected chi connectivity index (χ4v) is 8.32. The summed E-state index contributed by atoms with van der Waals surface area (Å²) in [6.45, 7) is 3.83. The second-order valence-electron chi connectivity index (χ2n) is 18.1. The van der Waals surface area contributed by atoms with Crippen LogP contribution in [0, 0.1) is 0 Å². The van der Waals surface area contributed by atoms with Gasteiger partial charge in [-0.05, 0) is 83.5 Å². The van der Waals surface area contributed by atoms with Crippen molar-refractivity contribution in [3.63, 3.8) is 0 Å². The third kappa shape index (κ3) is 38.3. The Kier molecular flexibility index (Phi) is 42.7. The van der Waals surface area contributed by atoms with E-state index in [1.165, 1.54) is 89.9 Å². The molecule has 0 amide bonds. The Morgan fingerprint density at radius 3 is 1.49 bits per heavy atom. The largest absolute Gasteiger partial charge is 0.457 e. The first-order chi connectivity index (χ1) is 33.1. The lowest BCUT2D eigenvalue weighted by Crippen LogP contribution is -2.60. The van der Waals surface area contributed by atoms with Crippen LogP contribution in [0.4, 0.5) is 0 Å². The maximum atomic E-state index is 12.9. The third-order valence-corrected chi connectivity index (χ3v) is 12.3. The second kappa shape index (κ2) is 45.7. The molecule has 6 unspecified atom stereocenters. The van der Waals surface area contributed by atoms with Gasteiger partial charge in [0, 0.05) is 13.0 Å². The van der Waals surface area contributed by atoms with Crippen molar-refractivity contribution in [3.05, 3.63) is 72.9 Å². The highest BCUT2D eigenvalue weighted by Gasteiger charge is 2.48. The van der Waals surface area contributed by atoms with E-state index in [1.54, 1.807) is 0 Å². The molecule has 0 spiro atoms. The molecule has 0 bridgehead atoms. The van der Waals surface area contributed by atoms with Crippen LogP contribution in [0.25, 0.3) is 0 Å². The number of aliphatic hydroxyl groups is 3. The van der Waals surface area contributed by atoms with Crippen LogP contribution in [0.2, 0.25) is 0 Å². The van der Waals surface area contributed by atoms with E-state index in [4.69, 9.17) is 18.9 Å². The Morgan fingerprint density at radius 2 is 1.01 bits per heavy atom. The molecular weight excluding hydrogens is 885 g/mol. The first-order valence-electron chi connectivity index (χ1n) is 26.7. The summed E-state index contributed by atoms with van der Waals surface area (Å²) in [6, 6.07) is 0. The van der Waals surface area contributed by atoms with Crippen molar-refractivity contribution in [2.24, 2.45) is 0 Å². The highest BCUT2D eigenvalue weighted by molar-refractivity contribution is 7.80. The molecule has 394 valence electrons. The number of hydrogen-bond acceptors (Lipinski definition) is 11. The predicted molar refractivity (Wildman–Crippen MR) is 276 cm³/mol. The van der Waals surface area contributed by atoms with Gasteiger partial charge in [0.2, 0.25) is 0 Å². The summed E-state index contributed by atoms with van der Waals surface area (Å²) in [6.07, 6.45) is 50.7. The zero-order valence-electron chi connectivity index (χ0n) is 42.4. The van der Waals surface area contributed by atoms with Crippen molar-refractivity contribution in [2.75, 3.05) is 26.4 Å². The number of esters is 1. The molecule has 1 aliphatic heterocycles. The van der Waals surface area contributed by atoms with Crippen LogP contribution in [0.15, 0.2) is 72.9 Å². The van der Waals surface area contributed by atoms with Gasteiger partial charge in [0.1, 0.15) is 30.5 Å². The Hall–Kier alpha value is -2.46. The summed E-state index contributed by atoms with van der Waals surface area (Å²) >= 11 is 0. The van der Waals surface area contributed by atoms with Crippen LogP contribution >= 0.6 is 0 Å². The smallest absolute Gasteiger partial charge is 0.397 e. The van der Waals surface area contributed by atoms with E-state index in [-0.39, 0.29) is 19.6 Å². The first kappa shape index (κ1) is 63.6. The van der Waals surface area contributed by atoms with Crippen LogP contribution in [0.5, 0.6) is 0 Å². The van der Waals surface area contributed by atoms with Crippen LogP contribution in [-0.2, 0) is 38.3 Å². The van der Waals surface area contributed by atoms with Gasteiger partial charge >= 0.3 is 16.4 Å². The number of carbonyl (C=O) groups excluding carboxylic acids is 1. The number of unbranched alkanes of at least 4 members (excludes halogenated alkanes) is 21. The molecule has 1 fully saturated rings. The summed E-state index contributed by atoms with van der Waals surface area (Å²) < 4.78 is 59.3. The van der Waals surface area contributed by atoms with Gasteiger partial charge in [-0.1, -0.05) is 189 Å². The van der Waals surface area contributed by atoms with E-state index in [0.717, 1.165) is 89.9 Å². The molecule has 1 rings (SSSR count). The quantitative estimate of drug-likeness (QED) is 0.0197. The summed E-state index contributed by atoms with van der Waals surface area (Å²) in [4.78, 5) is 12.9. The minimum absolute atomic E-state index is 0.0195. The average molecular weight is 981 g/mol. The zero-order chi connectivity index (χ0) is 49.6. The minimum Gasteiger partial charge on any atom is -0.457 e. The Morgan fingerprint density at radius 1 is 0.574 bits per heavy atom. The van der Waals surface area contributed by atoms with Crippen molar-refractivity contribution in [3.8, 4) is 0 Å². The molecule has 4 N–H and O–H groups in total. The van der Waals surface area contributed by atoms with Crippen molar-refractivity contribution in [1.82, 2.24) is 0 Å². The lowest BCUT2D eigenvalue weighted by atomic mass is 9.99. The second-order valence-corrected chi connectivity index (χ2v) is 19.1. The average Bonchev–Trinajstić information content (AvgIpc) is 3.31. The van der Waals surface area contributed by atoms with Crippen molar-refractivity contribution >= 4 is 16.4 Å². The van der Waals surface area contributed by atoms with E-state index >= 15 is 0 Å². The van der Waals surface area contributed by atoms with Gasteiger partial charge in [-0.2, -0.15) is 8.42 Å². The van der Waals surface area contributed by atoms with Gasteiger partial charge in [-0.15, -0.1) is 0 Å². The number of ether oxygens (including phenoxy) is 4. The molecule has 13 heteroatoms. The third-order valence-electron chi connectivity index (χ3n) is 11.8. The summed E-state index contributed by atoms with van der Waals surface area (Å²) in [5, 5.41) is 30.8. The summed E-state index contributed by atoms with van der Waals surface area (Å²) in [7, 11) is -5.07. The molecule has 68 heavy (non-hydrogen) atoms. The van der Waals surface area contributed by atoms with E-state index in [0.29, 0.717) is 13.0 Å². The summed E-state index contributed by atoms with van der Waals surface area (Å²) in [5.74, 6) is -0.410. The van der Waals surface area contributed by atoms with Gasteiger partial charge in [0.25, 0.3) is 0 Å². The molecule has 0 aliphatic carbocycles. The molecule has 1 aliphatic rings. The Bertz CT molecular complexity index is 1460. The predicted octanol–water partition coefficient (Wildman–Crippen LogP) is 12.6. The van der Waals surface area contributed by atoms with Crippen LogP contribution in [0.3, 0.4) is 0 Å². The number of aliphatic hydroxyl groups excluding tert-OH is 3. The summed E-state index contributed by atoms with van der Waals surface area (Å²) in [5.41, 5.74) is 0. The molecular formula is C55H96O12S. The molecule has 0 aromatic carbocycles. The van der Waals surface area contributed by atoms with Crippen LogP contribution in [0.1, 0.15) is 206 Å². The fourth-order valence-electron chi connectivity index (χ4n) is 7.81. The molecule has 1 heterocycles. The zero-order valence-corrected chi connectivity index (χ0v) is 43.2. The standard InChI is InChI=1S/C55H96O12S/c1-3-5-7-9-11-13-15-17-19-21-23-24-25-26-27-28-30-32-34-36-38-40-42-44-51(57)65-49(48-64-55-53(59)54(67-68(60,61)62)52(58)50(46-56)66-55)47-63-45-43-41-39-37-35-33-31-29-22-20-18-16-14-12-10-8-6-4-2/h6,8,12,14-15,17-18,20-21,23,29,31,49-50,52-56,58-59H,3-5,7,9-11,13,16,19,22,24-28,30,32-48H2,1-2H3,(H,60,61,62)/b8-6-,14-12-,17-15-,20-18-,23-21-,31-29-.